The summed E-state index contributed by atoms with van der Waals surface area (Å²) < 4.78 is 7.24. The van der Waals surface area contributed by atoms with Crippen molar-refractivity contribution in [3.63, 3.8) is 0 Å². The van der Waals surface area contributed by atoms with Crippen molar-refractivity contribution in [2.24, 2.45) is 0 Å². The quantitative estimate of drug-likeness (QED) is 0.502. The van der Waals surface area contributed by atoms with Crippen molar-refractivity contribution >= 4 is 28.7 Å². The number of benzene rings is 1. The lowest BCUT2D eigenvalue weighted by atomic mass is 10.1. The van der Waals surface area contributed by atoms with Crippen LogP contribution >= 0.6 is 11.8 Å². The van der Waals surface area contributed by atoms with E-state index in [1.165, 1.54) is 18.1 Å². The number of hydrogen-bond donors (Lipinski definition) is 4. The van der Waals surface area contributed by atoms with Crippen LogP contribution in [0.25, 0.3) is 11.2 Å². The van der Waals surface area contributed by atoms with Gasteiger partial charge in [-0.1, -0.05) is 30.0 Å². The Morgan fingerprint density at radius 3 is 2.62 bits per heavy atom. The van der Waals surface area contributed by atoms with Gasteiger partial charge in [-0.15, -0.1) is 0 Å². The highest BCUT2D eigenvalue weighted by Gasteiger charge is 2.45. The molecule has 3 aromatic rings. The van der Waals surface area contributed by atoms with Gasteiger partial charge in [0.15, 0.2) is 28.4 Å². The molecule has 10 heteroatoms. The average molecular weight is 375 g/mol. The lowest BCUT2D eigenvalue weighted by Gasteiger charge is -2.19. The lowest BCUT2D eigenvalue weighted by molar-refractivity contribution is -0.0548. The number of aliphatic hydroxyl groups is 3. The van der Waals surface area contributed by atoms with Gasteiger partial charge in [0.2, 0.25) is 0 Å². The van der Waals surface area contributed by atoms with Crippen molar-refractivity contribution in [1.82, 2.24) is 19.5 Å². The predicted octanol–water partition coefficient (Wildman–Crippen LogP) is 0.171. The van der Waals surface area contributed by atoms with Crippen LogP contribution in [0.4, 0.5) is 5.82 Å². The minimum Gasteiger partial charge on any atom is -0.394 e. The largest absolute Gasteiger partial charge is 0.394 e. The Labute approximate surface area is 152 Å². The molecule has 9 nitrogen and oxygen atoms in total. The summed E-state index contributed by atoms with van der Waals surface area (Å²) in [6.07, 6.45) is -3.05. The molecule has 136 valence electrons. The highest BCUT2D eigenvalue weighted by Crippen LogP contribution is 2.38. The second-order valence-corrected chi connectivity index (χ2v) is 6.88. The van der Waals surface area contributed by atoms with E-state index < -0.39 is 31.1 Å². The first-order valence-corrected chi connectivity index (χ1v) is 8.75. The third kappa shape index (κ3) is 2.81. The maximum atomic E-state index is 10.4. The first-order chi connectivity index (χ1) is 12.6. The first-order valence-electron chi connectivity index (χ1n) is 7.94. The maximum Gasteiger partial charge on any atom is 0.177 e. The molecule has 1 aromatic carbocycles. The number of imidazole rings is 1. The average Bonchev–Trinajstić information content (AvgIpc) is 3.15. The summed E-state index contributed by atoms with van der Waals surface area (Å²) in [5.41, 5.74) is 6.68. The van der Waals surface area contributed by atoms with Crippen LogP contribution in [-0.4, -0.2) is 59.8 Å². The van der Waals surface area contributed by atoms with Gasteiger partial charge < -0.3 is 25.8 Å². The molecule has 0 radical (unpaired) electrons. The van der Waals surface area contributed by atoms with Gasteiger partial charge in [-0.25, -0.2) is 15.0 Å². The smallest absolute Gasteiger partial charge is 0.177 e. The second kappa shape index (κ2) is 6.82. The van der Waals surface area contributed by atoms with Crippen molar-refractivity contribution in [2.45, 2.75) is 34.6 Å². The zero-order valence-electron chi connectivity index (χ0n) is 13.5. The normalized spacial score (nSPS) is 25.8. The highest BCUT2D eigenvalue weighted by atomic mass is 32.2. The maximum absolute atomic E-state index is 10.4. The van der Waals surface area contributed by atoms with Crippen molar-refractivity contribution in [3.05, 3.63) is 36.7 Å². The summed E-state index contributed by atoms with van der Waals surface area (Å²) in [7, 11) is 0. The lowest BCUT2D eigenvalue weighted by Crippen LogP contribution is -2.33. The van der Waals surface area contributed by atoms with E-state index >= 15 is 0 Å². The SMILES string of the molecule is Nc1ncnc2c1nc(Sc1ccccc1)n2[C@@H]1O[C@H](CO)C(O)C1O. The van der Waals surface area contributed by atoms with Gasteiger partial charge in [-0.2, -0.15) is 0 Å². The summed E-state index contributed by atoms with van der Waals surface area (Å²) >= 11 is 1.34. The van der Waals surface area contributed by atoms with Crippen molar-refractivity contribution in [2.75, 3.05) is 12.3 Å². The molecule has 2 aromatic heterocycles. The molecule has 3 heterocycles. The molecule has 0 spiro atoms. The summed E-state index contributed by atoms with van der Waals surface area (Å²) in [4.78, 5) is 13.6. The molecular formula is C16H17N5O4S. The Morgan fingerprint density at radius 1 is 1.15 bits per heavy atom. The molecule has 0 bridgehead atoms. The number of nitrogen functional groups attached to an aromatic ring is 1. The van der Waals surface area contributed by atoms with E-state index in [1.807, 2.05) is 30.3 Å². The van der Waals surface area contributed by atoms with Gasteiger partial charge in [0.05, 0.1) is 6.61 Å². The molecule has 1 saturated heterocycles. The van der Waals surface area contributed by atoms with E-state index in [2.05, 4.69) is 15.0 Å². The van der Waals surface area contributed by atoms with Crippen LogP contribution in [0.5, 0.6) is 0 Å². The van der Waals surface area contributed by atoms with E-state index in [-0.39, 0.29) is 5.82 Å². The summed E-state index contributed by atoms with van der Waals surface area (Å²) in [5, 5.41) is 30.4. The predicted molar refractivity (Wildman–Crippen MR) is 93.3 cm³/mol. The molecular weight excluding hydrogens is 358 g/mol. The summed E-state index contributed by atoms with van der Waals surface area (Å²) in [6, 6.07) is 9.54. The number of aromatic nitrogens is 4. The number of aliphatic hydroxyl groups excluding tert-OH is 3. The molecule has 4 atom stereocenters. The third-order valence-corrected chi connectivity index (χ3v) is 5.18. The number of ether oxygens (including phenoxy) is 1. The Kier molecular flexibility index (Phi) is 4.51. The number of nitrogens with zero attached hydrogens (tertiary/aromatic N) is 4. The highest BCUT2D eigenvalue weighted by molar-refractivity contribution is 7.99. The van der Waals surface area contributed by atoms with E-state index in [4.69, 9.17) is 10.5 Å². The first kappa shape index (κ1) is 17.2. The van der Waals surface area contributed by atoms with Crippen molar-refractivity contribution < 1.29 is 20.1 Å². The van der Waals surface area contributed by atoms with Crippen LogP contribution in [-0.2, 0) is 4.74 Å². The fourth-order valence-corrected chi connectivity index (χ4v) is 3.82. The van der Waals surface area contributed by atoms with Gasteiger partial charge in [-0.3, -0.25) is 4.57 Å². The minimum absolute atomic E-state index is 0.204. The summed E-state index contributed by atoms with van der Waals surface area (Å²) in [6.45, 7) is -0.417. The Morgan fingerprint density at radius 2 is 1.92 bits per heavy atom. The van der Waals surface area contributed by atoms with Gasteiger partial charge >= 0.3 is 0 Å². The van der Waals surface area contributed by atoms with Gasteiger partial charge in [0.1, 0.15) is 24.6 Å². The monoisotopic (exact) mass is 375 g/mol. The van der Waals surface area contributed by atoms with Gasteiger partial charge in [0.25, 0.3) is 0 Å². The van der Waals surface area contributed by atoms with Crippen LogP contribution in [0.15, 0.2) is 46.7 Å². The molecule has 2 unspecified atom stereocenters. The summed E-state index contributed by atoms with van der Waals surface area (Å²) in [5.74, 6) is 0.204. The molecule has 0 aliphatic carbocycles. The van der Waals surface area contributed by atoms with Gasteiger partial charge in [0, 0.05) is 4.90 Å². The van der Waals surface area contributed by atoms with Crippen LogP contribution in [0.2, 0.25) is 0 Å². The van der Waals surface area contributed by atoms with Crippen LogP contribution in [0.3, 0.4) is 0 Å². The number of fused-ring (bicyclic) bond motifs is 1. The minimum atomic E-state index is -1.25. The molecule has 1 aliphatic rings. The van der Waals surface area contributed by atoms with Crippen molar-refractivity contribution in [1.29, 1.82) is 0 Å². The fraction of sp³-hybridized carbons (Fsp3) is 0.312. The zero-order valence-corrected chi connectivity index (χ0v) is 14.3. The van der Waals surface area contributed by atoms with E-state index in [0.717, 1.165) is 4.90 Å². The van der Waals surface area contributed by atoms with E-state index in [1.54, 1.807) is 4.57 Å². The van der Waals surface area contributed by atoms with Crippen LogP contribution in [0, 0.1) is 0 Å². The fourth-order valence-electron chi connectivity index (χ4n) is 2.89. The number of anilines is 1. The molecule has 1 fully saturated rings. The number of rotatable bonds is 4. The standard InChI is InChI=1S/C16H17N5O4S/c17-13-10-14(19-7-18-13)21(15-12(24)11(23)9(6-22)25-15)16(20-10)26-8-4-2-1-3-5-8/h1-5,7,9,11-12,15,22-24H,6H2,(H2,17,18,19)/t9-,11?,12?,15-/m1/s1. The number of nitrogens with two attached hydrogens (primary N) is 1. The molecule has 1 aliphatic heterocycles. The molecule has 26 heavy (non-hydrogen) atoms. The van der Waals surface area contributed by atoms with Gasteiger partial charge in [-0.05, 0) is 12.1 Å². The Hall–Kier alpha value is -2.24. The molecule has 0 saturated carbocycles. The van der Waals surface area contributed by atoms with Crippen LogP contribution < -0.4 is 5.73 Å². The Balaban J connectivity index is 1.84. The van der Waals surface area contributed by atoms with Crippen LogP contribution in [0.1, 0.15) is 6.23 Å². The molecule has 5 N–H and O–H groups in total. The van der Waals surface area contributed by atoms with E-state index in [9.17, 15) is 15.3 Å². The molecule has 4 rings (SSSR count). The molecule has 0 amide bonds. The van der Waals surface area contributed by atoms with E-state index in [0.29, 0.717) is 16.3 Å². The zero-order chi connectivity index (χ0) is 18.3. The van der Waals surface area contributed by atoms with Crippen molar-refractivity contribution in [3.8, 4) is 0 Å². The number of hydrogen-bond acceptors (Lipinski definition) is 9. The second-order valence-electron chi connectivity index (χ2n) is 5.84. The Bertz CT molecular complexity index is 922. The topological polar surface area (TPSA) is 140 Å². The third-order valence-electron chi connectivity index (χ3n) is 4.20.